The van der Waals surface area contributed by atoms with Crippen molar-refractivity contribution in [3.63, 3.8) is 0 Å². The molecule has 1 aliphatic heterocycles. The van der Waals surface area contributed by atoms with Gasteiger partial charge < -0.3 is 15.3 Å². The summed E-state index contributed by atoms with van der Waals surface area (Å²) in [5.74, 6) is -2.24. The van der Waals surface area contributed by atoms with Crippen molar-refractivity contribution >= 4 is 23.8 Å². The number of hydrogen-bond acceptors (Lipinski definition) is 4. The van der Waals surface area contributed by atoms with Crippen LogP contribution < -0.4 is 10.6 Å². The fraction of sp³-hybridized carbons (Fsp3) is 0.455. The highest BCUT2D eigenvalue weighted by Crippen LogP contribution is 2.08. The SMILES string of the molecule is CC(=O)NC1CCN(C(=O)NC(=O)/C=C/C(=O)O)C1. The average molecular weight is 269 g/mol. The first-order valence-electron chi connectivity index (χ1n) is 5.66. The lowest BCUT2D eigenvalue weighted by Crippen LogP contribution is -2.43. The normalized spacial score (nSPS) is 18.4. The molecule has 3 N–H and O–H groups in total. The molecule has 0 aromatic carbocycles. The molecular weight excluding hydrogens is 254 g/mol. The van der Waals surface area contributed by atoms with Crippen LogP contribution in [0.2, 0.25) is 0 Å². The summed E-state index contributed by atoms with van der Waals surface area (Å²) in [6, 6.07) is -0.721. The zero-order chi connectivity index (χ0) is 14.4. The number of likely N-dealkylation sites (tertiary alicyclic amines) is 1. The molecule has 0 saturated carbocycles. The van der Waals surface area contributed by atoms with Crippen molar-refractivity contribution in [2.75, 3.05) is 13.1 Å². The van der Waals surface area contributed by atoms with Crippen LogP contribution in [0.1, 0.15) is 13.3 Å². The maximum absolute atomic E-state index is 11.6. The standard InChI is InChI=1S/C11H15N3O5/c1-7(15)12-8-4-5-14(6-8)11(19)13-9(16)2-3-10(17)18/h2-3,8H,4-6H2,1H3,(H,12,15)(H,17,18)(H,13,16,19)/b3-2+. The summed E-state index contributed by atoms with van der Waals surface area (Å²) in [5, 5.41) is 13.0. The molecular formula is C11H15N3O5. The van der Waals surface area contributed by atoms with Gasteiger partial charge >= 0.3 is 12.0 Å². The number of rotatable bonds is 3. The molecule has 8 heteroatoms. The Bertz CT molecular complexity index is 432. The number of aliphatic carboxylic acids is 1. The second kappa shape index (κ2) is 6.53. The first-order valence-corrected chi connectivity index (χ1v) is 5.66. The Labute approximate surface area is 109 Å². The van der Waals surface area contributed by atoms with Gasteiger partial charge in [-0.25, -0.2) is 9.59 Å². The van der Waals surface area contributed by atoms with Crippen LogP contribution in [0.4, 0.5) is 4.79 Å². The third-order valence-electron chi connectivity index (χ3n) is 2.49. The summed E-state index contributed by atoms with van der Waals surface area (Å²) in [4.78, 5) is 45.3. The Morgan fingerprint density at radius 2 is 1.95 bits per heavy atom. The first kappa shape index (κ1) is 14.7. The highest BCUT2D eigenvalue weighted by Gasteiger charge is 2.27. The minimum atomic E-state index is -1.27. The quantitative estimate of drug-likeness (QED) is 0.573. The summed E-state index contributed by atoms with van der Waals surface area (Å²) in [6.07, 6.45) is 2.03. The van der Waals surface area contributed by atoms with Gasteiger partial charge in [-0.1, -0.05) is 0 Å². The van der Waals surface area contributed by atoms with Gasteiger partial charge in [-0.3, -0.25) is 14.9 Å². The molecule has 1 fully saturated rings. The van der Waals surface area contributed by atoms with Crippen molar-refractivity contribution in [2.45, 2.75) is 19.4 Å². The second-order valence-corrected chi connectivity index (χ2v) is 4.10. The van der Waals surface area contributed by atoms with Gasteiger partial charge in [-0.2, -0.15) is 0 Å². The number of amides is 4. The predicted molar refractivity (Wildman–Crippen MR) is 64.1 cm³/mol. The average Bonchev–Trinajstić information content (AvgIpc) is 2.74. The van der Waals surface area contributed by atoms with Crippen LogP contribution in [-0.2, 0) is 14.4 Å². The molecule has 8 nitrogen and oxygen atoms in total. The van der Waals surface area contributed by atoms with Crippen LogP contribution in [0.15, 0.2) is 12.2 Å². The van der Waals surface area contributed by atoms with Gasteiger partial charge in [0, 0.05) is 38.2 Å². The lowest BCUT2D eigenvalue weighted by Gasteiger charge is -2.16. The highest BCUT2D eigenvalue weighted by atomic mass is 16.4. The van der Waals surface area contributed by atoms with E-state index in [1.165, 1.54) is 11.8 Å². The third-order valence-corrected chi connectivity index (χ3v) is 2.49. The monoisotopic (exact) mass is 269 g/mol. The Morgan fingerprint density at radius 1 is 1.26 bits per heavy atom. The molecule has 0 radical (unpaired) electrons. The van der Waals surface area contributed by atoms with Crippen molar-refractivity contribution in [1.29, 1.82) is 0 Å². The van der Waals surface area contributed by atoms with Crippen LogP contribution in [-0.4, -0.2) is 53.0 Å². The van der Waals surface area contributed by atoms with E-state index in [4.69, 9.17) is 5.11 Å². The van der Waals surface area contributed by atoms with E-state index in [0.717, 1.165) is 6.08 Å². The van der Waals surface area contributed by atoms with Crippen molar-refractivity contribution < 1.29 is 24.3 Å². The Kier molecular flexibility index (Phi) is 5.04. The first-order chi connectivity index (χ1) is 8.88. The lowest BCUT2D eigenvalue weighted by molar-refractivity contribution is -0.131. The van der Waals surface area contributed by atoms with E-state index in [1.54, 1.807) is 0 Å². The van der Waals surface area contributed by atoms with Gasteiger partial charge in [0.05, 0.1) is 0 Å². The number of imide groups is 1. The zero-order valence-corrected chi connectivity index (χ0v) is 10.4. The number of urea groups is 1. The summed E-state index contributed by atoms with van der Waals surface area (Å²) >= 11 is 0. The summed E-state index contributed by atoms with van der Waals surface area (Å²) in [5.41, 5.74) is 0. The molecule has 0 bridgehead atoms. The highest BCUT2D eigenvalue weighted by molar-refractivity contribution is 6.02. The van der Waals surface area contributed by atoms with Crippen LogP contribution in [0.3, 0.4) is 0 Å². The smallest absolute Gasteiger partial charge is 0.328 e. The molecule has 0 aromatic heterocycles. The summed E-state index contributed by atoms with van der Waals surface area (Å²) in [7, 11) is 0. The van der Waals surface area contributed by atoms with Crippen molar-refractivity contribution in [2.24, 2.45) is 0 Å². The molecule has 1 atom stereocenters. The topological polar surface area (TPSA) is 116 Å². The summed E-state index contributed by atoms with van der Waals surface area (Å²) in [6.45, 7) is 2.14. The van der Waals surface area contributed by atoms with Gasteiger partial charge in [-0.05, 0) is 6.42 Å². The molecule has 4 amide bonds. The maximum atomic E-state index is 11.6. The third kappa shape index (κ3) is 5.19. The van der Waals surface area contributed by atoms with Crippen LogP contribution in [0, 0.1) is 0 Å². The minimum Gasteiger partial charge on any atom is -0.478 e. The van der Waals surface area contributed by atoms with E-state index in [-0.39, 0.29) is 11.9 Å². The van der Waals surface area contributed by atoms with E-state index in [0.29, 0.717) is 25.6 Å². The Hall–Kier alpha value is -2.38. The molecule has 19 heavy (non-hydrogen) atoms. The lowest BCUT2D eigenvalue weighted by atomic mass is 10.3. The number of carboxylic acid groups (broad SMARTS) is 1. The maximum Gasteiger partial charge on any atom is 0.328 e. The largest absolute Gasteiger partial charge is 0.478 e. The van der Waals surface area contributed by atoms with Crippen LogP contribution >= 0.6 is 0 Å². The number of hydrogen-bond donors (Lipinski definition) is 3. The number of carbonyl (C=O) groups excluding carboxylic acids is 3. The molecule has 1 heterocycles. The predicted octanol–water partition coefficient (Wildman–Crippen LogP) is -0.926. The van der Waals surface area contributed by atoms with Gasteiger partial charge in [0.15, 0.2) is 0 Å². The Morgan fingerprint density at radius 3 is 2.53 bits per heavy atom. The van der Waals surface area contributed by atoms with E-state index in [2.05, 4.69) is 5.32 Å². The van der Waals surface area contributed by atoms with E-state index >= 15 is 0 Å². The van der Waals surface area contributed by atoms with E-state index in [9.17, 15) is 19.2 Å². The van der Waals surface area contributed by atoms with E-state index < -0.39 is 17.9 Å². The molecule has 0 aromatic rings. The van der Waals surface area contributed by atoms with Crippen molar-refractivity contribution in [1.82, 2.24) is 15.5 Å². The van der Waals surface area contributed by atoms with Gasteiger partial charge in [0.1, 0.15) is 0 Å². The number of nitrogens with one attached hydrogen (secondary N) is 2. The molecule has 0 spiro atoms. The number of nitrogens with zero attached hydrogens (tertiary/aromatic N) is 1. The molecule has 1 rings (SSSR count). The van der Waals surface area contributed by atoms with Crippen LogP contribution in [0.5, 0.6) is 0 Å². The Balaban J connectivity index is 2.41. The minimum absolute atomic E-state index is 0.118. The second-order valence-electron chi connectivity index (χ2n) is 4.10. The molecule has 1 unspecified atom stereocenters. The fourth-order valence-corrected chi connectivity index (χ4v) is 1.72. The molecule has 1 saturated heterocycles. The van der Waals surface area contributed by atoms with Crippen molar-refractivity contribution in [3.8, 4) is 0 Å². The molecule has 0 aliphatic carbocycles. The van der Waals surface area contributed by atoms with Crippen LogP contribution in [0.25, 0.3) is 0 Å². The number of carbonyl (C=O) groups is 4. The fourth-order valence-electron chi connectivity index (χ4n) is 1.72. The van der Waals surface area contributed by atoms with E-state index in [1.807, 2.05) is 5.32 Å². The van der Waals surface area contributed by atoms with Crippen molar-refractivity contribution in [3.05, 3.63) is 12.2 Å². The summed E-state index contributed by atoms with van der Waals surface area (Å²) < 4.78 is 0. The molecule has 104 valence electrons. The van der Waals surface area contributed by atoms with Gasteiger partial charge in [0.2, 0.25) is 5.91 Å². The molecule has 1 aliphatic rings. The van der Waals surface area contributed by atoms with Gasteiger partial charge in [0.25, 0.3) is 5.91 Å². The zero-order valence-electron chi connectivity index (χ0n) is 10.4. The van der Waals surface area contributed by atoms with Gasteiger partial charge in [-0.15, -0.1) is 0 Å². The number of carboxylic acids is 1.